The number of hydrogen-bond donors (Lipinski definition) is 0. The molecule has 4 aromatic heterocycles. The van der Waals surface area contributed by atoms with E-state index in [0.717, 1.165) is 44.5 Å². The summed E-state index contributed by atoms with van der Waals surface area (Å²) in [6.45, 7) is 0. The van der Waals surface area contributed by atoms with Gasteiger partial charge in [0.2, 0.25) is 0 Å². The van der Waals surface area contributed by atoms with Gasteiger partial charge >= 0.3 is 0 Å². The Labute approximate surface area is 162 Å². The van der Waals surface area contributed by atoms with E-state index in [2.05, 4.69) is 39.2 Å². The lowest BCUT2D eigenvalue weighted by Crippen LogP contribution is -1.93. The van der Waals surface area contributed by atoms with Crippen molar-refractivity contribution >= 4 is 10.9 Å². The highest BCUT2D eigenvalue weighted by atomic mass is 14.7. The Balaban J connectivity index is 1.78. The second-order valence-corrected chi connectivity index (χ2v) is 6.49. The van der Waals surface area contributed by atoms with Crippen molar-refractivity contribution < 1.29 is 0 Å². The van der Waals surface area contributed by atoms with E-state index in [4.69, 9.17) is 4.98 Å². The first-order chi connectivity index (χ1) is 13.9. The fourth-order valence-electron chi connectivity index (χ4n) is 3.36. The minimum atomic E-state index is 0.880. The molecule has 0 spiro atoms. The summed E-state index contributed by atoms with van der Waals surface area (Å²) in [4.78, 5) is 17.9. The third-order valence-electron chi connectivity index (χ3n) is 4.70. The lowest BCUT2D eigenvalue weighted by molar-refractivity contribution is 1.26. The van der Waals surface area contributed by atoms with Gasteiger partial charge < -0.3 is 0 Å². The highest BCUT2D eigenvalue weighted by Gasteiger charge is 2.11. The summed E-state index contributed by atoms with van der Waals surface area (Å²) in [5.41, 5.74) is 6.91. The van der Waals surface area contributed by atoms with Crippen LogP contribution in [-0.2, 0) is 0 Å². The van der Waals surface area contributed by atoms with E-state index in [-0.39, 0.29) is 0 Å². The highest BCUT2D eigenvalue weighted by molar-refractivity contribution is 5.95. The number of nitrogens with zero attached hydrogens (tertiary/aromatic N) is 4. The van der Waals surface area contributed by atoms with E-state index in [1.54, 1.807) is 12.4 Å². The average molecular weight is 360 g/mol. The van der Waals surface area contributed by atoms with Crippen molar-refractivity contribution in [3.05, 3.63) is 97.7 Å². The fourth-order valence-corrected chi connectivity index (χ4v) is 3.36. The van der Waals surface area contributed by atoms with E-state index in [1.807, 2.05) is 61.1 Å². The summed E-state index contributed by atoms with van der Waals surface area (Å²) >= 11 is 0. The Morgan fingerprint density at radius 2 is 1.25 bits per heavy atom. The van der Waals surface area contributed by atoms with Gasteiger partial charge in [0.1, 0.15) is 0 Å². The Kier molecular flexibility index (Phi) is 4.07. The zero-order chi connectivity index (χ0) is 18.8. The first-order valence-electron chi connectivity index (χ1n) is 9.05. The average Bonchev–Trinajstić information content (AvgIpc) is 2.79. The van der Waals surface area contributed by atoms with Crippen LogP contribution in [0, 0.1) is 0 Å². The number of benzene rings is 1. The van der Waals surface area contributed by atoms with Crippen molar-refractivity contribution in [2.75, 3.05) is 0 Å². The molecular formula is C24H16N4. The number of fused-ring (bicyclic) bond motifs is 1. The first kappa shape index (κ1) is 16.3. The third-order valence-corrected chi connectivity index (χ3v) is 4.70. The van der Waals surface area contributed by atoms with Crippen LogP contribution in [0.5, 0.6) is 0 Å². The highest BCUT2D eigenvalue weighted by Crippen LogP contribution is 2.33. The molecular weight excluding hydrogens is 344 g/mol. The van der Waals surface area contributed by atoms with Crippen molar-refractivity contribution in [1.82, 2.24) is 19.9 Å². The van der Waals surface area contributed by atoms with Crippen LogP contribution in [0.15, 0.2) is 97.7 Å². The largest absolute Gasteiger partial charge is 0.264 e. The van der Waals surface area contributed by atoms with Gasteiger partial charge in [-0.15, -0.1) is 0 Å². The smallest absolute Gasteiger partial charge is 0.0731 e. The maximum atomic E-state index is 4.88. The lowest BCUT2D eigenvalue weighted by atomic mass is 9.98. The SMILES string of the molecule is c1cncc(-c2cc(-c3ccnc4ccccc34)cc(-c3cccnc3)n2)c1. The molecule has 0 N–H and O–H groups in total. The Morgan fingerprint density at radius 1 is 0.571 bits per heavy atom. The summed E-state index contributed by atoms with van der Waals surface area (Å²) in [6.07, 6.45) is 9.07. The van der Waals surface area contributed by atoms with Gasteiger partial charge in [0, 0.05) is 47.5 Å². The molecule has 0 atom stereocenters. The molecule has 0 aliphatic carbocycles. The van der Waals surface area contributed by atoms with E-state index in [1.165, 1.54) is 0 Å². The molecule has 5 rings (SSSR count). The summed E-state index contributed by atoms with van der Waals surface area (Å²) in [7, 11) is 0. The number of pyridine rings is 4. The van der Waals surface area contributed by atoms with Crippen molar-refractivity contribution in [1.29, 1.82) is 0 Å². The quantitative estimate of drug-likeness (QED) is 0.431. The topological polar surface area (TPSA) is 51.6 Å². The van der Waals surface area contributed by atoms with E-state index in [0.29, 0.717) is 0 Å². The van der Waals surface area contributed by atoms with Crippen LogP contribution < -0.4 is 0 Å². The Bertz CT molecular complexity index is 1190. The normalized spacial score (nSPS) is 10.9. The molecule has 0 bridgehead atoms. The number of para-hydroxylation sites is 1. The van der Waals surface area contributed by atoms with Crippen LogP contribution >= 0.6 is 0 Å². The van der Waals surface area contributed by atoms with Crippen LogP contribution in [-0.4, -0.2) is 19.9 Å². The number of rotatable bonds is 3. The van der Waals surface area contributed by atoms with Crippen LogP contribution in [0.4, 0.5) is 0 Å². The Hall–Kier alpha value is -3.92. The zero-order valence-electron chi connectivity index (χ0n) is 15.0. The van der Waals surface area contributed by atoms with Crippen LogP contribution in [0.1, 0.15) is 0 Å². The van der Waals surface area contributed by atoms with Crippen LogP contribution in [0.25, 0.3) is 44.5 Å². The molecule has 4 nitrogen and oxygen atoms in total. The van der Waals surface area contributed by atoms with E-state index >= 15 is 0 Å². The number of aromatic nitrogens is 4. The molecule has 4 heteroatoms. The van der Waals surface area contributed by atoms with Gasteiger partial charge in [0.25, 0.3) is 0 Å². The summed E-state index contributed by atoms with van der Waals surface area (Å²) in [5.74, 6) is 0. The van der Waals surface area contributed by atoms with Crippen molar-refractivity contribution in [2.24, 2.45) is 0 Å². The fraction of sp³-hybridized carbons (Fsp3) is 0. The number of hydrogen-bond acceptors (Lipinski definition) is 4. The second-order valence-electron chi connectivity index (χ2n) is 6.49. The molecule has 0 saturated heterocycles. The van der Waals surface area contributed by atoms with Gasteiger partial charge in [0.15, 0.2) is 0 Å². The standard InChI is InChI=1S/C24H16N4/c1-2-8-22-21(7-1)20(9-12-27-22)19-13-23(17-5-3-10-25-15-17)28-24(14-19)18-6-4-11-26-16-18/h1-16H. The summed E-state index contributed by atoms with van der Waals surface area (Å²) in [6, 6.07) is 22.4. The van der Waals surface area contributed by atoms with Crippen LogP contribution in [0.3, 0.4) is 0 Å². The van der Waals surface area contributed by atoms with Crippen LogP contribution in [0.2, 0.25) is 0 Å². The molecule has 1 aromatic carbocycles. The monoisotopic (exact) mass is 360 g/mol. The molecule has 0 aliphatic rings. The Morgan fingerprint density at radius 3 is 1.89 bits per heavy atom. The minimum absolute atomic E-state index is 0.880. The van der Waals surface area contributed by atoms with Gasteiger partial charge in [-0.1, -0.05) is 18.2 Å². The lowest BCUT2D eigenvalue weighted by Gasteiger charge is -2.11. The molecule has 0 saturated carbocycles. The predicted molar refractivity (Wildman–Crippen MR) is 111 cm³/mol. The summed E-state index contributed by atoms with van der Waals surface area (Å²) < 4.78 is 0. The minimum Gasteiger partial charge on any atom is -0.264 e. The van der Waals surface area contributed by atoms with Crippen molar-refractivity contribution in [2.45, 2.75) is 0 Å². The maximum absolute atomic E-state index is 4.88. The van der Waals surface area contributed by atoms with Gasteiger partial charge in [-0.05, 0) is 59.7 Å². The third kappa shape index (κ3) is 3.01. The molecule has 4 heterocycles. The molecule has 28 heavy (non-hydrogen) atoms. The first-order valence-corrected chi connectivity index (χ1v) is 9.05. The van der Waals surface area contributed by atoms with E-state index < -0.39 is 0 Å². The van der Waals surface area contributed by atoms with Gasteiger partial charge in [-0.25, -0.2) is 4.98 Å². The molecule has 0 radical (unpaired) electrons. The second kappa shape index (κ2) is 7.00. The molecule has 5 aromatic rings. The van der Waals surface area contributed by atoms with E-state index in [9.17, 15) is 0 Å². The summed E-state index contributed by atoms with van der Waals surface area (Å²) in [5, 5.41) is 1.12. The van der Waals surface area contributed by atoms with Crippen molar-refractivity contribution in [3.63, 3.8) is 0 Å². The molecule has 0 unspecified atom stereocenters. The van der Waals surface area contributed by atoms with Gasteiger partial charge in [-0.3, -0.25) is 15.0 Å². The molecule has 0 amide bonds. The van der Waals surface area contributed by atoms with Gasteiger partial charge in [-0.2, -0.15) is 0 Å². The maximum Gasteiger partial charge on any atom is 0.0731 e. The predicted octanol–water partition coefficient (Wildman–Crippen LogP) is 5.42. The molecule has 132 valence electrons. The molecule has 0 aliphatic heterocycles. The molecule has 0 fully saturated rings. The zero-order valence-corrected chi connectivity index (χ0v) is 15.0. The van der Waals surface area contributed by atoms with Gasteiger partial charge in [0.05, 0.1) is 16.9 Å². The van der Waals surface area contributed by atoms with Crippen molar-refractivity contribution in [3.8, 4) is 33.6 Å².